The Morgan fingerprint density at radius 3 is 2.97 bits per heavy atom. The molecule has 0 radical (unpaired) electrons. The highest BCUT2D eigenvalue weighted by Gasteiger charge is 2.44. The van der Waals surface area contributed by atoms with Crippen molar-refractivity contribution in [2.24, 2.45) is 0 Å². The monoisotopic (exact) mass is 440 g/mol. The Labute approximate surface area is 188 Å². The van der Waals surface area contributed by atoms with Crippen molar-refractivity contribution in [2.75, 3.05) is 20.7 Å². The van der Waals surface area contributed by atoms with Gasteiger partial charge < -0.3 is 18.9 Å². The summed E-state index contributed by atoms with van der Waals surface area (Å²) < 4.78 is 62.3. The van der Waals surface area contributed by atoms with E-state index in [2.05, 4.69) is 16.8 Å². The van der Waals surface area contributed by atoms with E-state index in [1.165, 1.54) is 18.2 Å². The minimum Gasteiger partial charge on any atom is -0.434 e. The van der Waals surface area contributed by atoms with E-state index in [1.54, 1.807) is 19.2 Å². The summed E-state index contributed by atoms with van der Waals surface area (Å²) in [6.07, 6.45) is 0.726. The van der Waals surface area contributed by atoms with Gasteiger partial charge >= 0.3 is 6.61 Å². The highest BCUT2D eigenvalue weighted by molar-refractivity contribution is 5.97. The van der Waals surface area contributed by atoms with Gasteiger partial charge in [0.05, 0.1) is 29.7 Å². The molecule has 2 aromatic carbocycles. The third kappa shape index (κ3) is 3.21. The molecule has 0 aliphatic carbocycles. The summed E-state index contributed by atoms with van der Waals surface area (Å²) in [5.74, 6) is 5.56. The van der Waals surface area contributed by atoms with Crippen LogP contribution in [0.25, 0.3) is 11.0 Å². The number of carbonyl (C=O) groups excluding carboxylic acids is 1. The van der Waals surface area contributed by atoms with Crippen molar-refractivity contribution in [2.45, 2.75) is 31.5 Å². The number of amides is 1. The molecule has 0 spiro atoms. The molecule has 3 aromatic rings. The molecular weight excluding hydrogens is 416 g/mol. The molecular formula is C24H21F2N3O3. The fraction of sp³-hybridized carbons (Fsp3) is 0.333. The number of aromatic nitrogens is 2. The van der Waals surface area contributed by atoms with Crippen molar-refractivity contribution in [3.63, 3.8) is 0 Å². The molecule has 5 rings (SSSR count). The number of fused-ring (bicyclic) bond motifs is 9. The van der Waals surface area contributed by atoms with E-state index < -0.39 is 31.6 Å². The summed E-state index contributed by atoms with van der Waals surface area (Å²) >= 11 is 0. The summed E-state index contributed by atoms with van der Waals surface area (Å²) in [5.41, 5.74) is 2.23. The van der Waals surface area contributed by atoms with Crippen LogP contribution < -0.4 is 4.74 Å². The molecule has 0 unspecified atom stereocenters. The van der Waals surface area contributed by atoms with Crippen LogP contribution in [0.5, 0.6) is 5.75 Å². The first-order valence-electron chi connectivity index (χ1n) is 11.6. The number of hydrogen-bond acceptors (Lipinski definition) is 4. The van der Waals surface area contributed by atoms with Gasteiger partial charge in [-0.05, 0) is 30.3 Å². The molecule has 6 nitrogen and oxygen atoms in total. The maximum Gasteiger partial charge on any atom is 0.387 e. The Balaban J connectivity index is 1.73. The standard InChI is InChI=1S/C24H21F2N3O3/c1-28-19-13-18(21-15(23(28)30)7-5-8-20(21)32-24(25)26)29-17-12-14(6-3-4-11-31-2)9-10-16(17)27-22(19)29/h5,7-10,12,18-19,24H,4,11,13H2,1-2H3/t18-,19-/m1/s1/i1D3. The van der Waals surface area contributed by atoms with Crippen LogP contribution >= 0.6 is 0 Å². The van der Waals surface area contributed by atoms with Gasteiger partial charge in [-0.3, -0.25) is 4.79 Å². The average molecular weight is 440 g/mol. The lowest BCUT2D eigenvalue weighted by molar-refractivity contribution is -0.0507. The van der Waals surface area contributed by atoms with Crippen LogP contribution in [0.2, 0.25) is 0 Å². The maximum atomic E-state index is 13.4. The number of nitrogens with zero attached hydrogens (tertiary/aromatic N) is 3. The fourth-order valence-electron chi connectivity index (χ4n) is 4.50. The van der Waals surface area contributed by atoms with Crippen molar-refractivity contribution in [1.29, 1.82) is 0 Å². The zero-order chi connectivity index (χ0) is 24.9. The van der Waals surface area contributed by atoms with Crippen molar-refractivity contribution in [3.05, 3.63) is 58.9 Å². The smallest absolute Gasteiger partial charge is 0.387 e. The number of halogens is 2. The number of alkyl halides is 2. The van der Waals surface area contributed by atoms with Gasteiger partial charge in [-0.1, -0.05) is 17.9 Å². The summed E-state index contributed by atoms with van der Waals surface area (Å²) in [6, 6.07) is 8.14. The molecule has 8 heteroatoms. The number of methoxy groups -OCH3 is 1. The Morgan fingerprint density at radius 1 is 1.31 bits per heavy atom. The number of benzene rings is 2. The van der Waals surface area contributed by atoms with E-state index in [1.807, 2.05) is 10.6 Å². The molecule has 0 N–H and O–H groups in total. The van der Waals surface area contributed by atoms with Crippen LogP contribution in [0.1, 0.15) is 56.3 Å². The van der Waals surface area contributed by atoms with Gasteiger partial charge in [-0.15, -0.1) is 0 Å². The molecule has 164 valence electrons. The molecule has 0 saturated carbocycles. The summed E-state index contributed by atoms with van der Waals surface area (Å²) in [6.45, 7) is -5.37. The van der Waals surface area contributed by atoms with Gasteiger partial charge in [0.25, 0.3) is 5.91 Å². The van der Waals surface area contributed by atoms with Gasteiger partial charge in [0, 0.05) is 47.7 Å². The van der Waals surface area contributed by atoms with Crippen LogP contribution in [0.15, 0.2) is 36.4 Å². The Morgan fingerprint density at radius 2 is 2.19 bits per heavy atom. The van der Waals surface area contributed by atoms with Crippen molar-refractivity contribution in [3.8, 4) is 17.6 Å². The largest absolute Gasteiger partial charge is 0.434 e. The number of hydrogen-bond donors (Lipinski definition) is 0. The number of rotatable bonds is 4. The number of ether oxygens (including phenoxy) is 2. The predicted octanol–water partition coefficient (Wildman–Crippen LogP) is 4.15. The highest BCUT2D eigenvalue weighted by atomic mass is 19.3. The van der Waals surface area contributed by atoms with E-state index in [4.69, 9.17) is 13.6 Å². The third-order valence-electron chi connectivity index (χ3n) is 5.81. The van der Waals surface area contributed by atoms with Crippen LogP contribution in [0.3, 0.4) is 0 Å². The first kappa shape index (κ1) is 17.2. The highest BCUT2D eigenvalue weighted by Crippen LogP contribution is 2.49. The van der Waals surface area contributed by atoms with Crippen LogP contribution in [0, 0.1) is 11.8 Å². The summed E-state index contributed by atoms with van der Waals surface area (Å²) in [7, 11) is 1.60. The molecule has 1 aromatic heterocycles. The van der Waals surface area contributed by atoms with Gasteiger partial charge in [-0.2, -0.15) is 8.78 Å². The maximum absolute atomic E-state index is 13.4. The van der Waals surface area contributed by atoms with Crippen molar-refractivity contribution < 1.29 is 27.2 Å². The van der Waals surface area contributed by atoms with Gasteiger partial charge in [0.2, 0.25) is 0 Å². The number of imidazole rings is 1. The second kappa shape index (κ2) is 7.92. The molecule has 2 atom stereocenters. The molecule has 2 aliphatic heterocycles. The average Bonchev–Trinajstić information content (AvgIpc) is 3.28. The molecule has 0 fully saturated rings. The Hall–Kier alpha value is -3.44. The number of carbonyl (C=O) groups is 1. The lowest BCUT2D eigenvalue weighted by Gasteiger charge is -2.24. The molecule has 2 aliphatic rings. The van der Waals surface area contributed by atoms with E-state index in [9.17, 15) is 13.6 Å². The molecule has 1 amide bonds. The van der Waals surface area contributed by atoms with Crippen molar-refractivity contribution in [1.82, 2.24) is 14.5 Å². The fourth-order valence-corrected chi connectivity index (χ4v) is 4.50. The van der Waals surface area contributed by atoms with Crippen molar-refractivity contribution >= 4 is 16.9 Å². The van der Waals surface area contributed by atoms with E-state index in [-0.39, 0.29) is 23.3 Å². The van der Waals surface area contributed by atoms with Crippen LogP contribution in [-0.2, 0) is 4.74 Å². The second-order valence-electron chi connectivity index (χ2n) is 7.63. The Kier molecular flexibility index (Phi) is 4.24. The summed E-state index contributed by atoms with van der Waals surface area (Å²) in [5, 5.41) is 0. The molecule has 32 heavy (non-hydrogen) atoms. The van der Waals surface area contributed by atoms with Gasteiger partial charge in [0.15, 0.2) is 0 Å². The molecule has 2 bridgehead atoms. The quantitative estimate of drug-likeness (QED) is 0.452. The van der Waals surface area contributed by atoms with E-state index >= 15 is 0 Å². The Bertz CT molecular complexity index is 1380. The third-order valence-corrected chi connectivity index (χ3v) is 5.81. The first-order valence-corrected chi connectivity index (χ1v) is 10.1. The zero-order valence-electron chi connectivity index (χ0n) is 20.1. The SMILES string of the molecule is [2H]C([2H])([2H])N1C(=O)c2cccc(OC(F)F)c2[C@H]2C[C@@H]1c1nc3ccc(C#CCCOC)cc3n12. The minimum atomic E-state index is -3.11. The lowest BCUT2D eigenvalue weighted by atomic mass is 9.97. The zero-order valence-corrected chi connectivity index (χ0v) is 17.1. The molecule has 3 heterocycles. The molecule has 0 saturated heterocycles. The minimum absolute atomic E-state index is 0.0230. The lowest BCUT2D eigenvalue weighted by Crippen LogP contribution is -2.30. The van der Waals surface area contributed by atoms with Gasteiger partial charge in [-0.25, -0.2) is 4.98 Å². The van der Waals surface area contributed by atoms with Crippen LogP contribution in [0.4, 0.5) is 8.78 Å². The first-order chi connectivity index (χ1) is 16.7. The second-order valence-corrected chi connectivity index (χ2v) is 7.63. The normalized spacial score (nSPS) is 20.7. The summed E-state index contributed by atoms with van der Waals surface area (Å²) in [4.78, 5) is 18.9. The van der Waals surface area contributed by atoms with E-state index in [0.29, 0.717) is 29.9 Å². The predicted molar refractivity (Wildman–Crippen MR) is 114 cm³/mol. The topological polar surface area (TPSA) is 56.6 Å². The van der Waals surface area contributed by atoms with Gasteiger partial charge in [0.1, 0.15) is 11.6 Å². The van der Waals surface area contributed by atoms with E-state index in [0.717, 1.165) is 10.5 Å². The van der Waals surface area contributed by atoms with Crippen LogP contribution in [-0.4, -0.2) is 47.7 Å².